The Hall–Kier alpha value is -2.08. The van der Waals surface area contributed by atoms with E-state index in [0.717, 1.165) is 37.5 Å². The van der Waals surface area contributed by atoms with Crippen molar-refractivity contribution in [3.63, 3.8) is 0 Å². The van der Waals surface area contributed by atoms with Gasteiger partial charge in [-0.3, -0.25) is 4.79 Å². The van der Waals surface area contributed by atoms with Gasteiger partial charge < -0.3 is 20.4 Å². The Morgan fingerprint density at radius 1 is 1.04 bits per heavy atom. The van der Waals surface area contributed by atoms with Crippen LogP contribution in [-0.4, -0.2) is 67.6 Å². The van der Waals surface area contributed by atoms with Crippen LogP contribution in [0.25, 0.3) is 0 Å². The summed E-state index contributed by atoms with van der Waals surface area (Å²) in [5.41, 5.74) is 2.25. The molecule has 2 saturated heterocycles. The number of aryl methyl sites for hydroxylation is 1. The Morgan fingerprint density at radius 3 is 2.36 bits per heavy atom. The number of benzene rings is 1. The van der Waals surface area contributed by atoms with Crippen molar-refractivity contribution in [2.24, 2.45) is 5.92 Å². The summed E-state index contributed by atoms with van der Waals surface area (Å²) >= 11 is 0. The zero-order valence-corrected chi connectivity index (χ0v) is 17.1. The summed E-state index contributed by atoms with van der Waals surface area (Å²) in [4.78, 5) is 28.6. The van der Waals surface area contributed by atoms with Crippen molar-refractivity contribution in [3.05, 3.63) is 35.4 Å². The van der Waals surface area contributed by atoms with Crippen LogP contribution >= 0.6 is 0 Å². The summed E-state index contributed by atoms with van der Waals surface area (Å²) in [6, 6.07) is 8.11. The minimum absolute atomic E-state index is 0.0101. The van der Waals surface area contributed by atoms with Gasteiger partial charge in [0.1, 0.15) is 0 Å². The molecule has 1 aromatic rings. The lowest BCUT2D eigenvalue weighted by Crippen LogP contribution is -2.53. The van der Waals surface area contributed by atoms with Crippen LogP contribution in [0.4, 0.5) is 4.79 Å². The molecule has 3 rings (SSSR count). The summed E-state index contributed by atoms with van der Waals surface area (Å²) in [6.07, 6.45) is 5.19. The number of rotatable bonds is 6. The third-order valence-corrected chi connectivity index (χ3v) is 5.92. The fourth-order valence-electron chi connectivity index (χ4n) is 4.02. The lowest BCUT2D eigenvalue weighted by Gasteiger charge is -2.35. The molecule has 28 heavy (non-hydrogen) atoms. The average molecular weight is 387 g/mol. The molecule has 1 aromatic carbocycles. The zero-order chi connectivity index (χ0) is 19.8. The van der Waals surface area contributed by atoms with Gasteiger partial charge in [-0.05, 0) is 57.2 Å². The van der Waals surface area contributed by atoms with E-state index in [1.807, 2.05) is 41.0 Å². The maximum Gasteiger partial charge on any atom is 0.317 e. The molecular formula is C22H34N4O2. The van der Waals surface area contributed by atoms with E-state index in [2.05, 4.69) is 10.6 Å². The minimum Gasteiger partial charge on any atom is -0.339 e. The lowest BCUT2D eigenvalue weighted by atomic mass is 9.93. The monoisotopic (exact) mass is 386 g/mol. The van der Waals surface area contributed by atoms with E-state index >= 15 is 0 Å². The normalized spacial score (nSPS) is 18.2. The molecular weight excluding hydrogens is 352 g/mol. The number of piperazine rings is 1. The van der Waals surface area contributed by atoms with Crippen LogP contribution in [0.5, 0.6) is 0 Å². The number of amides is 3. The van der Waals surface area contributed by atoms with E-state index in [-0.39, 0.29) is 11.9 Å². The van der Waals surface area contributed by atoms with Gasteiger partial charge >= 0.3 is 6.03 Å². The summed E-state index contributed by atoms with van der Waals surface area (Å²) in [7, 11) is 0. The summed E-state index contributed by atoms with van der Waals surface area (Å²) in [6.45, 7) is 7.51. The maximum atomic E-state index is 12.5. The molecule has 2 aliphatic heterocycles. The Bertz CT molecular complexity index is 632. The molecule has 0 unspecified atom stereocenters. The molecule has 0 saturated carbocycles. The minimum atomic E-state index is 0.0101. The molecule has 2 N–H and O–H groups in total. The second-order valence-electron chi connectivity index (χ2n) is 8.10. The molecule has 0 spiro atoms. The number of hydrogen-bond acceptors (Lipinski definition) is 3. The number of carbonyl (C=O) groups is 2. The molecule has 3 amide bonds. The Balaban J connectivity index is 1.32. The number of hydrogen-bond donors (Lipinski definition) is 2. The van der Waals surface area contributed by atoms with Crippen LogP contribution < -0.4 is 10.6 Å². The highest BCUT2D eigenvalue weighted by Crippen LogP contribution is 2.17. The standard InChI is InChI=1S/C22H34N4O2/c1-18-4-6-20(7-5-18)17-21(27)25-13-15-26(16-14-25)22(28)24-10-2-3-19-8-11-23-12-9-19/h4-7,19,23H,2-3,8-17H2,1H3,(H,24,28). The first-order valence-corrected chi connectivity index (χ1v) is 10.7. The van der Waals surface area contributed by atoms with Gasteiger partial charge in [-0.25, -0.2) is 4.79 Å². The van der Waals surface area contributed by atoms with Gasteiger partial charge in [0.15, 0.2) is 0 Å². The SMILES string of the molecule is Cc1ccc(CC(=O)N2CCN(C(=O)NCCCC3CCNCC3)CC2)cc1. The van der Waals surface area contributed by atoms with E-state index in [4.69, 9.17) is 0 Å². The van der Waals surface area contributed by atoms with Crippen molar-refractivity contribution in [1.82, 2.24) is 20.4 Å². The van der Waals surface area contributed by atoms with Crippen molar-refractivity contribution >= 4 is 11.9 Å². The molecule has 0 radical (unpaired) electrons. The van der Waals surface area contributed by atoms with Gasteiger partial charge in [0.2, 0.25) is 5.91 Å². The summed E-state index contributed by atoms with van der Waals surface area (Å²) in [5, 5.41) is 6.44. The van der Waals surface area contributed by atoms with E-state index in [1.165, 1.54) is 24.8 Å². The molecule has 0 aliphatic carbocycles. The van der Waals surface area contributed by atoms with Gasteiger partial charge in [-0.1, -0.05) is 29.8 Å². The van der Waals surface area contributed by atoms with E-state index < -0.39 is 0 Å². The predicted octanol–water partition coefficient (Wildman–Crippen LogP) is 2.17. The van der Waals surface area contributed by atoms with Crippen molar-refractivity contribution in [2.45, 2.75) is 39.0 Å². The molecule has 0 aromatic heterocycles. The van der Waals surface area contributed by atoms with Gasteiger partial charge in [0, 0.05) is 32.7 Å². The molecule has 0 atom stereocenters. The Labute approximate surface area is 168 Å². The molecule has 2 aliphatic rings. The number of urea groups is 1. The van der Waals surface area contributed by atoms with Crippen LogP contribution in [0.3, 0.4) is 0 Å². The van der Waals surface area contributed by atoms with Gasteiger partial charge in [0.25, 0.3) is 0 Å². The average Bonchev–Trinajstić information content (AvgIpc) is 2.73. The van der Waals surface area contributed by atoms with Crippen molar-refractivity contribution in [2.75, 3.05) is 45.8 Å². The van der Waals surface area contributed by atoms with Crippen molar-refractivity contribution in [1.29, 1.82) is 0 Å². The Kier molecular flexibility index (Phi) is 7.71. The second-order valence-corrected chi connectivity index (χ2v) is 8.10. The molecule has 2 fully saturated rings. The molecule has 0 bridgehead atoms. The summed E-state index contributed by atoms with van der Waals surface area (Å²) in [5.74, 6) is 0.951. The Morgan fingerprint density at radius 2 is 1.68 bits per heavy atom. The first kappa shape index (κ1) is 20.6. The number of nitrogens with zero attached hydrogens (tertiary/aromatic N) is 2. The number of carbonyl (C=O) groups excluding carboxylic acids is 2. The highest BCUT2D eigenvalue weighted by atomic mass is 16.2. The predicted molar refractivity (Wildman–Crippen MR) is 111 cm³/mol. The van der Waals surface area contributed by atoms with Crippen molar-refractivity contribution in [3.8, 4) is 0 Å². The molecule has 6 heteroatoms. The highest BCUT2D eigenvalue weighted by molar-refractivity contribution is 5.79. The molecule has 2 heterocycles. The first-order chi connectivity index (χ1) is 13.6. The van der Waals surface area contributed by atoms with Crippen LogP contribution in [0.15, 0.2) is 24.3 Å². The van der Waals surface area contributed by atoms with Crippen molar-refractivity contribution < 1.29 is 9.59 Å². The van der Waals surface area contributed by atoms with E-state index in [9.17, 15) is 9.59 Å². The lowest BCUT2D eigenvalue weighted by molar-refractivity contribution is -0.131. The third kappa shape index (κ3) is 6.23. The van der Waals surface area contributed by atoms with Gasteiger partial charge in [-0.2, -0.15) is 0 Å². The fourth-order valence-corrected chi connectivity index (χ4v) is 4.02. The van der Waals surface area contributed by atoms with E-state index in [0.29, 0.717) is 32.6 Å². The van der Waals surface area contributed by atoms with Crippen LogP contribution in [0, 0.1) is 12.8 Å². The highest BCUT2D eigenvalue weighted by Gasteiger charge is 2.24. The second kappa shape index (κ2) is 10.5. The summed E-state index contributed by atoms with van der Waals surface area (Å²) < 4.78 is 0. The molecule has 154 valence electrons. The zero-order valence-electron chi connectivity index (χ0n) is 17.1. The first-order valence-electron chi connectivity index (χ1n) is 10.7. The quantitative estimate of drug-likeness (QED) is 0.737. The smallest absolute Gasteiger partial charge is 0.317 e. The topological polar surface area (TPSA) is 64.7 Å². The largest absolute Gasteiger partial charge is 0.339 e. The third-order valence-electron chi connectivity index (χ3n) is 5.92. The van der Waals surface area contributed by atoms with Gasteiger partial charge in [0.05, 0.1) is 6.42 Å². The van der Waals surface area contributed by atoms with Crippen LogP contribution in [0.2, 0.25) is 0 Å². The molecule has 6 nitrogen and oxygen atoms in total. The van der Waals surface area contributed by atoms with Crippen LogP contribution in [-0.2, 0) is 11.2 Å². The van der Waals surface area contributed by atoms with Gasteiger partial charge in [-0.15, -0.1) is 0 Å². The number of piperidine rings is 1. The number of nitrogens with one attached hydrogen (secondary N) is 2. The van der Waals surface area contributed by atoms with Crippen LogP contribution in [0.1, 0.15) is 36.8 Å². The maximum absolute atomic E-state index is 12.5. The fraction of sp³-hybridized carbons (Fsp3) is 0.636. The van der Waals surface area contributed by atoms with E-state index in [1.54, 1.807) is 0 Å².